The number of nitrogens with zero attached hydrogens (tertiary/aromatic N) is 6. The molecule has 3 heterocycles. The Morgan fingerprint density at radius 2 is 2.07 bits per heavy atom. The minimum atomic E-state index is 0.134. The Balaban J connectivity index is 1.50. The van der Waals surface area contributed by atoms with Crippen molar-refractivity contribution in [3.63, 3.8) is 0 Å². The molecule has 146 valence electrons. The summed E-state index contributed by atoms with van der Waals surface area (Å²) in [5.41, 5.74) is 2.90. The molecule has 2 aromatic heterocycles. The summed E-state index contributed by atoms with van der Waals surface area (Å²) in [6, 6.07) is 6.34. The minimum absolute atomic E-state index is 0.134. The van der Waals surface area contributed by atoms with Crippen LogP contribution in [0.25, 0.3) is 16.9 Å². The molecule has 1 unspecified atom stereocenters. The van der Waals surface area contributed by atoms with E-state index in [1.54, 1.807) is 18.6 Å². The summed E-state index contributed by atoms with van der Waals surface area (Å²) in [4.78, 5) is 10.8. The van der Waals surface area contributed by atoms with Crippen molar-refractivity contribution in [2.75, 3.05) is 18.0 Å². The lowest BCUT2D eigenvalue weighted by molar-refractivity contribution is 0.476. The highest BCUT2D eigenvalue weighted by Gasteiger charge is 2.25. The van der Waals surface area contributed by atoms with Gasteiger partial charge >= 0.3 is 0 Å². The van der Waals surface area contributed by atoms with Crippen LogP contribution in [-0.2, 0) is 0 Å². The van der Waals surface area contributed by atoms with E-state index < -0.39 is 0 Å². The highest BCUT2D eigenvalue weighted by Crippen LogP contribution is 2.29. The molecular formula is C20H25N7O. The fourth-order valence-corrected chi connectivity index (χ4v) is 3.55. The van der Waals surface area contributed by atoms with E-state index in [9.17, 15) is 5.11 Å². The molecule has 0 amide bonds. The molecular weight excluding hydrogens is 354 g/mol. The lowest BCUT2D eigenvalue weighted by Gasteiger charge is -2.18. The summed E-state index contributed by atoms with van der Waals surface area (Å²) in [6.45, 7) is 8.02. The third-order valence-electron chi connectivity index (χ3n) is 4.86. The summed E-state index contributed by atoms with van der Waals surface area (Å²) in [5.74, 6) is 0.761. The predicted molar refractivity (Wildman–Crippen MR) is 108 cm³/mol. The Hall–Kier alpha value is -3.00. The number of phenolic OH excluding ortho intramolecular Hbond substituents is 1. The van der Waals surface area contributed by atoms with Crippen LogP contribution in [0, 0.1) is 6.92 Å². The molecule has 1 aliphatic rings. The minimum Gasteiger partial charge on any atom is -0.507 e. The zero-order valence-electron chi connectivity index (χ0n) is 16.4. The molecule has 0 radical (unpaired) electrons. The maximum atomic E-state index is 10.5. The smallest absolute Gasteiger partial charge is 0.245 e. The van der Waals surface area contributed by atoms with Gasteiger partial charge in [0.25, 0.3) is 0 Å². The van der Waals surface area contributed by atoms with Gasteiger partial charge in [0.2, 0.25) is 5.95 Å². The highest BCUT2D eigenvalue weighted by atomic mass is 16.3. The first-order valence-corrected chi connectivity index (χ1v) is 9.54. The van der Waals surface area contributed by atoms with Crippen molar-refractivity contribution in [2.45, 2.75) is 39.3 Å². The number of aromatic nitrogens is 5. The van der Waals surface area contributed by atoms with Crippen molar-refractivity contribution in [3.05, 3.63) is 42.6 Å². The van der Waals surface area contributed by atoms with E-state index in [4.69, 9.17) is 0 Å². The van der Waals surface area contributed by atoms with E-state index >= 15 is 0 Å². The van der Waals surface area contributed by atoms with Crippen molar-refractivity contribution < 1.29 is 5.11 Å². The molecule has 0 spiro atoms. The average Bonchev–Trinajstić information content (AvgIpc) is 3.30. The van der Waals surface area contributed by atoms with E-state index in [0.717, 1.165) is 30.9 Å². The third-order valence-corrected chi connectivity index (χ3v) is 4.86. The summed E-state index contributed by atoms with van der Waals surface area (Å²) in [6.07, 6.45) is 6.36. The van der Waals surface area contributed by atoms with E-state index in [1.807, 2.05) is 29.8 Å². The van der Waals surface area contributed by atoms with Crippen molar-refractivity contribution in [1.29, 1.82) is 0 Å². The predicted octanol–water partition coefficient (Wildman–Crippen LogP) is 2.32. The van der Waals surface area contributed by atoms with E-state index in [2.05, 4.69) is 44.2 Å². The number of anilines is 1. The zero-order valence-corrected chi connectivity index (χ0v) is 16.4. The number of hydrogen-bond acceptors (Lipinski definition) is 7. The first kappa shape index (κ1) is 18.4. The molecule has 1 aliphatic heterocycles. The second-order valence-corrected chi connectivity index (χ2v) is 7.52. The summed E-state index contributed by atoms with van der Waals surface area (Å²) in [5, 5.41) is 22.6. The van der Waals surface area contributed by atoms with Gasteiger partial charge in [0.1, 0.15) is 11.4 Å². The van der Waals surface area contributed by atoms with Crippen LogP contribution in [0.5, 0.6) is 5.75 Å². The van der Waals surface area contributed by atoms with E-state index in [1.165, 1.54) is 0 Å². The van der Waals surface area contributed by atoms with Gasteiger partial charge in [0, 0.05) is 43.0 Å². The number of aryl methyl sites for hydroxylation is 1. The van der Waals surface area contributed by atoms with Gasteiger partial charge in [-0.15, -0.1) is 10.2 Å². The molecule has 0 aliphatic carbocycles. The molecule has 8 nitrogen and oxygen atoms in total. The maximum absolute atomic E-state index is 10.5. The summed E-state index contributed by atoms with van der Waals surface area (Å²) in [7, 11) is 0. The van der Waals surface area contributed by atoms with Crippen LogP contribution in [0.1, 0.15) is 26.0 Å². The van der Waals surface area contributed by atoms with Gasteiger partial charge in [-0.1, -0.05) is 13.8 Å². The second-order valence-electron chi connectivity index (χ2n) is 7.52. The van der Waals surface area contributed by atoms with Gasteiger partial charge in [-0.25, -0.2) is 9.97 Å². The van der Waals surface area contributed by atoms with Crippen LogP contribution in [0.4, 0.5) is 5.95 Å². The van der Waals surface area contributed by atoms with Gasteiger partial charge < -0.3 is 19.9 Å². The third kappa shape index (κ3) is 3.82. The molecule has 28 heavy (non-hydrogen) atoms. The quantitative estimate of drug-likeness (QED) is 0.703. The van der Waals surface area contributed by atoms with Crippen LogP contribution in [0.2, 0.25) is 0 Å². The second kappa shape index (κ2) is 7.55. The van der Waals surface area contributed by atoms with Crippen LogP contribution < -0.4 is 10.2 Å². The van der Waals surface area contributed by atoms with Crippen LogP contribution >= 0.6 is 0 Å². The van der Waals surface area contributed by atoms with Crippen LogP contribution in [-0.4, -0.2) is 55.0 Å². The molecule has 0 bridgehead atoms. The lowest BCUT2D eigenvalue weighted by atomic mass is 10.1. The fourth-order valence-electron chi connectivity index (χ4n) is 3.55. The van der Waals surface area contributed by atoms with E-state index in [-0.39, 0.29) is 5.75 Å². The molecule has 3 aromatic rings. The monoisotopic (exact) mass is 379 g/mol. The van der Waals surface area contributed by atoms with Gasteiger partial charge in [-0.2, -0.15) is 0 Å². The Kier molecular flexibility index (Phi) is 4.95. The number of aromatic hydroxyl groups is 1. The maximum Gasteiger partial charge on any atom is 0.245 e. The number of benzene rings is 1. The first-order chi connectivity index (χ1) is 13.5. The molecule has 1 aromatic carbocycles. The fraction of sp³-hybridized carbons (Fsp3) is 0.400. The molecule has 1 saturated heterocycles. The molecule has 0 saturated carbocycles. The Labute approximate surface area is 164 Å². The number of rotatable bonds is 5. The van der Waals surface area contributed by atoms with Crippen LogP contribution in [0.3, 0.4) is 0 Å². The Morgan fingerprint density at radius 1 is 1.21 bits per heavy atom. The SMILES string of the molecule is Cc1cn(-c2ccc(-c3cnc(N4CCC(NC(C)C)C4)nn3)c(O)c2)cn1. The average molecular weight is 379 g/mol. The van der Waals surface area contributed by atoms with Crippen molar-refractivity contribution in [2.24, 2.45) is 0 Å². The summed E-state index contributed by atoms with van der Waals surface area (Å²) >= 11 is 0. The van der Waals surface area contributed by atoms with Gasteiger partial charge in [-0.05, 0) is 25.5 Å². The Morgan fingerprint density at radius 3 is 2.71 bits per heavy atom. The largest absolute Gasteiger partial charge is 0.507 e. The normalized spacial score (nSPS) is 16.9. The van der Waals surface area contributed by atoms with E-state index in [0.29, 0.717) is 29.3 Å². The summed E-state index contributed by atoms with van der Waals surface area (Å²) < 4.78 is 1.86. The van der Waals surface area contributed by atoms with Crippen LogP contribution in [0.15, 0.2) is 36.9 Å². The molecule has 1 fully saturated rings. The lowest BCUT2D eigenvalue weighted by Crippen LogP contribution is -2.37. The number of imidazole rings is 1. The topological polar surface area (TPSA) is 92.0 Å². The number of phenols is 1. The standard InChI is InChI=1S/C20H25N7O/c1-13(2)23-15-6-7-26(11-15)20-21-9-18(24-25-20)17-5-4-16(8-19(17)28)27-10-14(3)22-12-27/h4-5,8-10,12-13,15,23,28H,6-7,11H2,1-3H3. The van der Waals surface area contributed by atoms with Gasteiger partial charge in [0.15, 0.2) is 0 Å². The molecule has 4 rings (SSSR count). The molecule has 8 heteroatoms. The molecule has 2 N–H and O–H groups in total. The number of hydrogen-bond donors (Lipinski definition) is 2. The van der Waals surface area contributed by atoms with Gasteiger partial charge in [0.05, 0.1) is 23.9 Å². The Bertz CT molecular complexity index is 951. The van der Waals surface area contributed by atoms with Crippen molar-refractivity contribution in [3.8, 4) is 22.7 Å². The zero-order chi connectivity index (χ0) is 19.7. The first-order valence-electron chi connectivity index (χ1n) is 9.54. The van der Waals surface area contributed by atoms with Gasteiger partial charge in [-0.3, -0.25) is 0 Å². The molecule has 1 atom stereocenters. The van der Waals surface area contributed by atoms with Crippen molar-refractivity contribution in [1.82, 2.24) is 30.0 Å². The van der Waals surface area contributed by atoms with Crippen molar-refractivity contribution >= 4 is 5.95 Å². The number of nitrogens with one attached hydrogen (secondary N) is 1. The highest BCUT2D eigenvalue weighted by molar-refractivity contribution is 5.68.